The quantitative estimate of drug-likeness (QED) is 0.291. The first kappa shape index (κ1) is 20.6. The van der Waals surface area contributed by atoms with Crippen LogP contribution in [0.4, 0.5) is 10.1 Å². The highest BCUT2D eigenvalue weighted by Gasteiger charge is 2.10. The fourth-order valence-corrected chi connectivity index (χ4v) is 3.31. The molecule has 0 atom stereocenters. The van der Waals surface area contributed by atoms with Crippen LogP contribution in [0.3, 0.4) is 0 Å². The Morgan fingerprint density at radius 1 is 1.00 bits per heavy atom. The SMILES string of the molecule is O=C(NC(=NCCc1c[nH]c2ccccc12)Nc1ccc(F)cc1)c1ccc(Cl)cc1. The van der Waals surface area contributed by atoms with Crippen molar-refractivity contribution in [2.45, 2.75) is 6.42 Å². The third kappa shape index (κ3) is 5.29. The third-order valence-corrected chi connectivity index (χ3v) is 5.02. The molecule has 1 aromatic heterocycles. The van der Waals surface area contributed by atoms with Crippen LogP contribution < -0.4 is 10.6 Å². The van der Waals surface area contributed by atoms with Crippen molar-refractivity contribution in [3.63, 3.8) is 0 Å². The monoisotopic (exact) mass is 434 g/mol. The van der Waals surface area contributed by atoms with Gasteiger partial charge in [0.05, 0.1) is 0 Å². The molecule has 3 aromatic carbocycles. The fraction of sp³-hybridized carbons (Fsp3) is 0.0833. The van der Waals surface area contributed by atoms with Gasteiger partial charge >= 0.3 is 0 Å². The minimum atomic E-state index is -0.339. The second-order valence-corrected chi connectivity index (χ2v) is 7.37. The largest absolute Gasteiger partial charge is 0.361 e. The zero-order valence-corrected chi connectivity index (χ0v) is 17.3. The van der Waals surface area contributed by atoms with Gasteiger partial charge in [-0.2, -0.15) is 0 Å². The first-order chi connectivity index (χ1) is 15.1. The van der Waals surface area contributed by atoms with Gasteiger partial charge in [-0.3, -0.25) is 15.1 Å². The number of hydrogen-bond donors (Lipinski definition) is 3. The van der Waals surface area contributed by atoms with E-state index < -0.39 is 0 Å². The van der Waals surface area contributed by atoms with E-state index in [0.717, 1.165) is 16.5 Å². The molecule has 0 spiro atoms. The summed E-state index contributed by atoms with van der Waals surface area (Å²) in [5, 5.41) is 7.54. The molecular weight excluding hydrogens is 415 g/mol. The van der Waals surface area contributed by atoms with Crippen molar-refractivity contribution in [2.24, 2.45) is 4.99 Å². The maximum absolute atomic E-state index is 13.2. The van der Waals surface area contributed by atoms with Crippen molar-refractivity contribution in [1.82, 2.24) is 10.3 Å². The van der Waals surface area contributed by atoms with Gasteiger partial charge in [0.25, 0.3) is 5.91 Å². The van der Waals surface area contributed by atoms with E-state index in [9.17, 15) is 9.18 Å². The number of benzene rings is 3. The van der Waals surface area contributed by atoms with Crippen LogP contribution >= 0.6 is 11.6 Å². The number of para-hydroxylation sites is 1. The van der Waals surface area contributed by atoms with E-state index in [-0.39, 0.29) is 17.7 Å². The van der Waals surface area contributed by atoms with Crippen molar-refractivity contribution < 1.29 is 9.18 Å². The Labute approximate surface area is 184 Å². The highest BCUT2D eigenvalue weighted by Crippen LogP contribution is 2.18. The van der Waals surface area contributed by atoms with Gasteiger partial charge in [-0.05, 0) is 66.6 Å². The van der Waals surface area contributed by atoms with E-state index in [1.807, 2.05) is 24.4 Å². The molecule has 31 heavy (non-hydrogen) atoms. The van der Waals surface area contributed by atoms with Crippen LogP contribution in [0.1, 0.15) is 15.9 Å². The summed E-state index contributed by atoms with van der Waals surface area (Å²) in [5.41, 5.74) is 3.28. The summed E-state index contributed by atoms with van der Waals surface area (Å²) in [4.78, 5) is 20.4. The molecule has 0 fully saturated rings. The van der Waals surface area contributed by atoms with Gasteiger partial charge in [-0.1, -0.05) is 29.8 Å². The first-order valence-corrected chi connectivity index (χ1v) is 10.2. The number of carbonyl (C=O) groups excluding carboxylic acids is 1. The van der Waals surface area contributed by atoms with Crippen LogP contribution in [0.5, 0.6) is 0 Å². The van der Waals surface area contributed by atoms with Gasteiger partial charge in [-0.25, -0.2) is 4.39 Å². The molecule has 0 bridgehead atoms. The Kier molecular flexibility index (Phi) is 6.29. The van der Waals surface area contributed by atoms with E-state index in [4.69, 9.17) is 11.6 Å². The Balaban J connectivity index is 1.51. The molecule has 0 saturated heterocycles. The van der Waals surface area contributed by atoms with Gasteiger partial charge < -0.3 is 10.3 Å². The van der Waals surface area contributed by atoms with Gasteiger partial charge in [0.2, 0.25) is 5.96 Å². The van der Waals surface area contributed by atoms with Crippen LogP contribution in [0.2, 0.25) is 5.02 Å². The van der Waals surface area contributed by atoms with E-state index in [2.05, 4.69) is 26.7 Å². The average Bonchev–Trinajstić information content (AvgIpc) is 3.19. The summed E-state index contributed by atoms with van der Waals surface area (Å²) >= 11 is 5.90. The third-order valence-electron chi connectivity index (χ3n) is 4.77. The summed E-state index contributed by atoms with van der Waals surface area (Å²) in [5.74, 6) is -0.378. The minimum Gasteiger partial charge on any atom is -0.361 e. The van der Waals surface area contributed by atoms with E-state index in [1.54, 1.807) is 36.4 Å². The topological polar surface area (TPSA) is 69.3 Å². The van der Waals surface area contributed by atoms with E-state index in [0.29, 0.717) is 29.2 Å². The van der Waals surface area contributed by atoms with Crippen LogP contribution in [0, 0.1) is 5.82 Å². The normalized spacial score (nSPS) is 11.5. The van der Waals surface area contributed by atoms with Crippen molar-refractivity contribution >= 4 is 40.1 Å². The molecule has 0 unspecified atom stereocenters. The number of H-pyrrole nitrogens is 1. The lowest BCUT2D eigenvalue weighted by Gasteiger charge is -2.12. The standard InChI is InChI=1S/C24H20ClFN4O/c25-18-7-5-16(6-8-18)23(31)30-24(29-20-11-9-19(26)10-12-20)27-14-13-17-15-28-22-4-2-1-3-21(17)22/h1-12,15,28H,13-14H2,(H2,27,29,30,31). The molecule has 1 amide bonds. The number of nitrogens with one attached hydrogen (secondary N) is 3. The molecule has 4 rings (SSSR count). The summed E-state index contributed by atoms with van der Waals surface area (Å²) in [6, 6.07) is 20.5. The summed E-state index contributed by atoms with van der Waals surface area (Å²) in [6.45, 7) is 0.451. The molecule has 1 heterocycles. The number of aliphatic imine (C=N–C) groups is 1. The molecule has 0 saturated carbocycles. The molecule has 5 nitrogen and oxygen atoms in total. The highest BCUT2D eigenvalue weighted by molar-refractivity contribution is 6.30. The molecule has 3 N–H and O–H groups in total. The predicted molar refractivity (Wildman–Crippen MR) is 123 cm³/mol. The molecule has 0 aliphatic rings. The number of halogens is 2. The lowest BCUT2D eigenvalue weighted by molar-refractivity contribution is 0.0977. The van der Waals surface area contributed by atoms with Crippen molar-refractivity contribution in [3.8, 4) is 0 Å². The molecular formula is C24H20ClFN4O. The second-order valence-electron chi connectivity index (χ2n) is 6.93. The summed E-state index contributed by atoms with van der Waals surface area (Å²) in [6.07, 6.45) is 2.66. The van der Waals surface area contributed by atoms with Crippen LogP contribution in [0.15, 0.2) is 84.0 Å². The number of fused-ring (bicyclic) bond motifs is 1. The maximum Gasteiger partial charge on any atom is 0.257 e. The van der Waals surface area contributed by atoms with Gasteiger partial charge in [0.1, 0.15) is 5.82 Å². The van der Waals surface area contributed by atoms with Gasteiger partial charge in [-0.15, -0.1) is 0 Å². The van der Waals surface area contributed by atoms with Crippen LogP contribution in [-0.4, -0.2) is 23.4 Å². The molecule has 156 valence electrons. The number of amides is 1. The molecule has 0 aliphatic carbocycles. The predicted octanol–water partition coefficient (Wildman–Crippen LogP) is 5.40. The Morgan fingerprint density at radius 2 is 1.74 bits per heavy atom. The Hall–Kier alpha value is -3.64. The number of aromatic nitrogens is 1. The Morgan fingerprint density at radius 3 is 2.52 bits per heavy atom. The smallest absolute Gasteiger partial charge is 0.257 e. The lowest BCUT2D eigenvalue weighted by atomic mass is 10.1. The van der Waals surface area contributed by atoms with Gasteiger partial charge in [0, 0.05) is 39.9 Å². The second kappa shape index (κ2) is 9.45. The van der Waals surface area contributed by atoms with Crippen LogP contribution in [0.25, 0.3) is 10.9 Å². The van der Waals surface area contributed by atoms with Crippen molar-refractivity contribution in [3.05, 3.63) is 101 Å². The molecule has 0 aliphatic heterocycles. The number of guanidine groups is 1. The number of hydrogen-bond acceptors (Lipinski definition) is 2. The van der Waals surface area contributed by atoms with Crippen molar-refractivity contribution in [1.29, 1.82) is 0 Å². The first-order valence-electron chi connectivity index (χ1n) is 9.77. The minimum absolute atomic E-state index is 0.284. The number of aromatic amines is 1. The summed E-state index contributed by atoms with van der Waals surface area (Å²) in [7, 11) is 0. The zero-order chi connectivity index (χ0) is 21.6. The Bertz CT molecular complexity index is 1220. The lowest BCUT2D eigenvalue weighted by Crippen LogP contribution is -2.36. The fourth-order valence-electron chi connectivity index (χ4n) is 3.19. The number of nitrogens with zero attached hydrogens (tertiary/aromatic N) is 1. The zero-order valence-electron chi connectivity index (χ0n) is 16.5. The number of anilines is 1. The molecule has 4 aromatic rings. The molecule has 0 radical (unpaired) electrons. The van der Waals surface area contributed by atoms with Gasteiger partial charge in [0.15, 0.2) is 0 Å². The van der Waals surface area contributed by atoms with E-state index in [1.165, 1.54) is 12.1 Å². The maximum atomic E-state index is 13.2. The van der Waals surface area contributed by atoms with E-state index >= 15 is 0 Å². The number of rotatable bonds is 5. The average molecular weight is 435 g/mol. The van der Waals surface area contributed by atoms with Crippen molar-refractivity contribution in [2.75, 3.05) is 11.9 Å². The molecule has 7 heteroatoms. The van der Waals surface area contributed by atoms with Crippen LogP contribution in [-0.2, 0) is 6.42 Å². The number of carbonyl (C=O) groups is 1. The highest BCUT2D eigenvalue weighted by atomic mass is 35.5. The summed E-state index contributed by atoms with van der Waals surface area (Å²) < 4.78 is 13.2.